The summed E-state index contributed by atoms with van der Waals surface area (Å²) in [5.74, 6) is 0.742. The first-order valence-corrected chi connectivity index (χ1v) is 11.5. The number of halogens is 1. The number of aromatic nitrogens is 1. The molecule has 8 heteroatoms. The van der Waals surface area contributed by atoms with Crippen LogP contribution in [-0.2, 0) is 17.9 Å². The molecule has 0 spiro atoms. The molecule has 2 aromatic carbocycles. The number of anilines is 1. The molecule has 4 aromatic rings. The monoisotopic (exact) mass is 489 g/mol. The highest BCUT2D eigenvalue weighted by Crippen LogP contribution is 2.37. The zero-order valence-electron chi connectivity index (χ0n) is 19.3. The van der Waals surface area contributed by atoms with E-state index in [0.717, 1.165) is 11.3 Å². The van der Waals surface area contributed by atoms with Gasteiger partial charge in [0.25, 0.3) is 5.91 Å². The summed E-state index contributed by atoms with van der Waals surface area (Å²) in [6.45, 7) is 2.33. The first-order valence-electron chi connectivity index (χ1n) is 11.2. The molecule has 2 amide bonds. The van der Waals surface area contributed by atoms with E-state index >= 15 is 0 Å². The molecule has 35 heavy (non-hydrogen) atoms. The van der Waals surface area contributed by atoms with Gasteiger partial charge in [-0.15, -0.1) is 0 Å². The average molecular weight is 490 g/mol. The first-order chi connectivity index (χ1) is 16.9. The minimum atomic E-state index is -1.22. The molecule has 0 saturated heterocycles. The fourth-order valence-corrected chi connectivity index (χ4v) is 4.59. The van der Waals surface area contributed by atoms with Gasteiger partial charge in [0.15, 0.2) is 0 Å². The zero-order chi connectivity index (χ0) is 24.6. The third-order valence-corrected chi connectivity index (χ3v) is 6.57. The van der Waals surface area contributed by atoms with Crippen molar-refractivity contribution in [1.29, 1.82) is 0 Å². The second-order valence-corrected chi connectivity index (χ2v) is 9.03. The standard InChI is InChI=1S/C27H24ClN3O4/c1-27(26(33)29-16-18-5-7-19(28)8-6-18)17-30-22(24-4-3-15-35-24)13-14-23(30)25(32)31(27)20-9-11-21(34-2)12-10-20/h3-15H,16-17H2,1-2H3,(H,29,33). The van der Waals surface area contributed by atoms with Crippen LogP contribution in [0.1, 0.15) is 23.0 Å². The lowest BCUT2D eigenvalue weighted by molar-refractivity contribution is -0.126. The minimum Gasteiger partial charge on any atom is -0.497 e. The third-order valence-electron chi connectivity index (χ3n) is 6.32. The number of carbonyl (C=O) groups excluding carboxylic acids is 2. The van der Waals surface area contributed by atoms with Crippen LogP contribution in [0.5, 0.6) is 5.75 Å². The second-order valence-electron chi connectivity index (χ2n) is 8.59. The van der Waals surface area contributed by atoms with E-state index in [0.29, 0.717) is 34.5 Å². The molecule has 2 aromatic heterocycles. The van der Waals surface area contributed by atoms with E-state index in [4.69, 9.17) is 20.8 Å². The van der Waals surface area contributed by atoms with Crippen molar-refractivity contribution in [1.82, 2.24) is 9.88 Å². The van der Waals surface area contributed by atoms with Crippen molar-refractivity contribution in [3.63, 3.8) is 0 Å². The average Bonchev–Trinajstić information content (AvgIpc) is 3.54. The summed E-state index contributed by atoms with van der Waals surface area (Å²) in [7, 11) is 1.58. The Bertz CT molecular complexity index is 1360. The molecule has 1 aliphatic rings. The van der Waals surface area contributed by atoms with Crippen molar-refractivity contribution < 1.29 is 18.7 Å². The summed E-state index contributed by atoms with van der Waals surface area (Å²) >= 11 is 5.99. The van der Waals surface area contributed by atoms with Gasteiger partial charge in [-0.05, 0) is 73.2 Å². The number of hydrogen-bond donors (Lipinski definition) is 1. The molecule has 5 rings (SSSR count). The van der Waals surface area contributed by atoms with Crippen molar-refractivity contribution in [3.8, 4) is 17.2 Å². The maximum Gasteiger partial charge on any atom is 0.275 e. The number of furan rings is 1. The molecule has 0 fully saturated rings. The molecule has 1 aliphatic heterocycles. The van der Waals surface area contributed by atoms with Gasteiger partial charge in [0, 0.05) is 17.3 Å². The van der Waals surface area contributed by atoms with Gasteiger partial charge >= 0.3 is 0 Å². The molecule has 0 aliphatic carbocycles. The van der Waals surface area contributed by atoms with Gasteiger partial charge in [-0.1, -0.05) is 23.7 Å². The van der Waals surface area contributed by atoms with Gasteiger partial charge in [-0.3, -0.25) is 14.5 Å². The minimum absolute atomic E-state index is 0.246. The lowest BCUT2D eigenvalue weighted by Crippen LogP contribution is -2.64. The molecular formula is C27H24ClN3O4. The van der Waals surface area contributed by atoms with Crippen molar-refractivity contribution in [2.45, 2.75) is 25.6 Å². The quantitative estimate of drug-likeness (QED) is 0.406. The zero-order valence-corrected chi connectivity index (χ0v) is 20.1. The summed E-state index contributed by atoms with van der Waals surface area (Å²) < 4.78 is 12.7. The lowest BCUT2D eigenvalue weighted by Gasteiger charge is -2.44. The van der Waals surface area contributed by atoms with Crippen LogP contribution in [0, 0.1) is 0 Å². The van der Waals surface area contributed by atoms with E-state index in [9.17, 15) is 9.59 Å². The van der Waals surface area contributed by atoms with Crippen LogP contribution >= 0.6 is 11.6 Å². The van der Waals surface area contributed by atoms with Gasteiger partial charge in [0.2, 0.25) is 5.91 Å². The van der Waals surface area contributed by atoms with Crippen LogP contribution in [0.4, 0.5) is 5.69 Å². The molecular weight excluding hydrogens is 466 g/mol. The van der Waals surface area contributed by atoms with Gasteiger partial charge < -0.3 is 19.0 Å². The third kappa shape index (κ3) is 4.08. The summed E-state index contributed by atoms with van der Waals surface area (Å²) in [6.07, 6.45) is 1.58. The Labute approximate surface area is 207 Å². The van der Waals surface area contributed by atoms with Gasteiger partial charge in [0.05, 0.1) is 25.6 Å². The summed E-state index contributed by atoms with van der Waals surface area (Å²) in [5, 5.41) is 3.64. The normalized spacial score (nSPS) is 17.2. The Kier molecular flexibility index (Phi) is 5.86. The van der Waals surface area contributed by atoms with Crippen molar-refractivity contribution in [2.75, 3.05) is 12.0 Å². The molecule has 0 radical (unpaired) electrons. The molecule has 0 bridgehead atoms. The number of nitrogens with zero attached hydrogens (tertiary/aromatic N) is 2. The number of benzene rings is 2. The van der Waals surface area contributed by atoms with Crippen LogP contribution in [0.25, 0.3) is 11.5 Å². The molecule has 1 unspecified atom stereocenters. The van der Waals surface area contributed by atoms with Gasteiger partial charge in [-0.25, -0.2) is 0 Å². The first kappa shape index (κ1) is 22.8. The number of carbonyl (C=O) groups is 2. The predicted octanol–water partition coefficient (Wildman–Crippen LogP) is 5.15. The van der Waals surface area contributed by atoms with E-state index in [1.807, 2.05) is 28.8 Å². The van der Waals surface area contributed by atoms with E-state index in [-0.39, 0.29) is 18.4 Å². The number of amides is 2. The van der Waals surface area contributed by atoms with Crippen molar-refractivity contribution >= 4 is 29.1 Å². The highest BCUT2D eigenvalue weighted by Gasteiger charge is 2.48. The number of rotatable bonds is 6. The molecule has 0 saturated carbocycles. The Hall–Kier alpha value is -3.97. The van der Waals surface area contributed by atoms with E-state index < -0.39 is 5.54 Å². The number of fused-ring (bicyclic) bond motifs is 1. The Morgan fingerprint density at radius 2 is 1.77 bits per heavy atom. The van der Waals surface area contributed by atoms with E-state index in [1.165, 1.54) is 0 Å². The highest BCUT2D eigenvalue weighted by atomic mass is 35.5. The molecule has 7 nitrogen and oxygen atoms in total. The Morgan fingerprint density at radius 1 is 1.06 bits per heavy atom. The number of nitrogens with one attached hydrogen (secondary N) is 1. The number of hydrogen-bond acceptors (Lipinski definition) is 4. The summed E-state index contributed by atoms with van der Waals surface area (Å²) in [6, 6.07) is 21.6. The molecule has 178 valence electrons. The number of ether oxygens (including phenoxy) is 1. The SMILES string of the molecule is COc1ccc(N2C(=O)c3ccc(-c4ccco4)n3CC2(C)C(=O)NCc2ccc(Cl)cc2)cc1. The lowest BCUT2D eigenvalue weighted by atomic mass is 9.93. The van der Waals surface area contributed by atoms with Crippen molar-refractivity contribution in [2.24, 2.45) is 0 Å². The molecule has 1 atom stereocenters. The van der Waals surface area contributed by atoms with E-state index in [2.05, 4.69) is 5.32 Å². The smallest absolute Gasteiger partial charge is 0.275 e. The maximum atomic E-state index is 13.8. The topological polar surface area (TPSA) is 76.7 Å². The van der Waals surface area contributed by atoms with Gasteiger partial charge in [-0.2, -0.15) is 0 Å². The molecule has 1 N–H and O–H groups in total. The number of methoxy groups -OCH3 is 1. The van der Waals surface area contributed by atoms with Gasteiger partial charge in [0.1, 0.15) is 22.7 Å². The second kappa shape index (κ2) is 9.00. The van der Waals surface area contributed by atoms with Crippen LogP contribution in [0.15, 0.2) is 83.5 Å². The predicted molar refractivity (Wildman–Crippen MR) is 134 cm³/mol. The Balaban J connectivity index is 1.54. The molecule has 3 heterocycles. The van der Waals surface area contributed by atoms with Crippen LogP contribution in [0.3, 0.4) is 0 Å². The maximum absolute atomic E-state index is 13.8. The fraction of sp³-hybridized carbons (Fsp3) is 0.185. The van der Waals surface area contributed by atoms with Crippen LogP contribution < -0.4 is 15.0 Å². The Morgan fingerprint density at radius 3 is 2.43 bits per heavy atom. The van der Waals surface area contributed by atoms with Crippen LogP contribution in [0.2, 0.25) is 5.02 Å². The summed E-state index contributed by atoms with van der Waals surface area (Å²) in [4.78, 5) is 29.1. The van der Waals surface area contributed by atoms with Crippen LogP contribution in [-0.4, -0.2) is 29.0 Å². The van der Waals surface area contributed by atoms with E-state index in [1.54, 1.807) is 73.7 Å². The van der Waals surface area contributed by atoms with Crippen molar-refractivity contribution in [3.05, 3.63) is 95.3 Å². The summed E-state index contributed by atoms with van der Waals surface area (Å²) in [5.41, 5.74) is 1.51. The largest absolute Gasteiger partial charge is 0.497 e. The highest BCUT2D eigenvalue weighted by molar-refractivity contribution is 6.30. The fourth-order valence-electron chi connectivity index (χ4n) is 4.46.